The molecule has 28 heavy (non-hydrogen) atoms. The molecule has 0 spiro atoms. The maximum absolute atomic E-state index is 12.4. The molecule has 0 saturated heterocycles. The third-order valence-electron chi connectivity index (χ3n) is 4.14. The van der Waals surface area contributed by atoms with Gasteiger partial charge in [0.05, 0.1) is 16.3 Å². The Morgan fingerprint density at radius 3 is 2.11 bits per heavy atom. The molecule has 0 saturated carbocycles. The van der Waals surface area contributed by atoms with E-state index in [4.69, 9.17) is 11.5 Å². The largest absolute Gasteiger partial charge is 0.398 e. The Hall–Kier alpha value is -3.39. The van der Waals surface area contributed by atoms with Crippen LogP contribution in [-0.4, -0.2) is 8.42 Å². The number of benzene rings is 3. The molecule has 0 radical (unpaired) electrons. The molecule has 0 aliphatic rings. The van der Waals surface area contributed by atoms with Crippen LogP contribution in [0.4, 0.5) is 28.4 Å². The second kappa shape index (κ2) is 7.69. The number of nitrogens with zero attached hydrogens (tertiary/aromatic N) is 2. The quantitative estimate of drug-likeness (QED) is 0.428. The van der Waals surface area contributed by atoms with Crippen molar-refractivity contribution in [2.75, 3.05) is 16.2 Å². The van der Waals surface area contributed by atoms with Crippen LogP contribution in [0.15, 0.2) is 75.8 Å². The topological polar surface area (TPSA) is 123 Å². The molecule has 0 heterocycles. The summed E-state index contributed by atoms with van der Waals surface area (Å²) in [5.74, 6) is 0. The second-order valence-corrected chi connectivity index (χ2v) is 8.12. The number of nitrogens with one attached hydrogen (secondary N) is 1. The minimum Gasteiger partial charge on any atom is -0.398 e. The monoisotopic (exact) mass is 395 g/mol. The molecule has 0 atom stereocenters. The van der Waals surface area contributed by atoms with E-state index in [1.807, 2.05) is 13.8 Å². The van der Waals surface area contributed by atoms with E-state index in [1.165, 1.54) is 0 Å². The summed E-state index contributed by atoms with van der Waals surface area (Å²) in [6.45, 7) is 3.76. The zero-order valence-corrected chi connectivity index (χ0v) is 16.4. The van der Waals surface area contributed by atoms with Gasteiger partial charge in [-0.15, -0.1) is 5.11 Å². The first kappa shape index (κ1) is 19.4. The van der Waals surface area contributed by atoms with E-state index in [-0.39, 0.29) is 4.90 Å². The Morgan fingerprint density at radius 1 is 0.821 bits per heavy atom. The number of aryl methyl sites for hydroxylation is 2. The minimum atomic E-state index is -3.65. The van der Waals surface area contributed by atoms with Crippen LogP contribution in [0, 0.1) is 13.8 Å². The van der Waals surface area contributed by atoms with Gasteiger partial charge in [-0.1, -0.05) is 17.7 Å². The maximum Gasteiger partial charge on any atom is 0.261 e. The fraction of sp³-hybridized carbons (Fsp3) is 0.100. The average Bonchev–Trinajstić information content (AvgIpc) is 2.65. The molecule has 0 aromatic heterocycles. The SMILES string of the molecule is Cc1ccc(S(=O)(=O)Nc2ccc(N=Nc3cc(C)c(N)cc3N)cc2)cc1. The third-order valence-corrected chi connectivity index (χ3v) is 5.54. The molecule has 0 bridgehead atoms. The Kier molecular flexibility index (Phi) is 5.32. The highest BCUT2D eigenvalue weighted by molar-refractivity contribution is 7.92. The van der Waals surface area contributed by atoms with Gasteiger partial charge in [-0.3, -0.25) is 4.72 Å². The van der Waals surface area contributed by atoms with Crippen LogP contribution < -0.4 is 16.2 Å². The van der Waals surface area contributed by atoms with Gasteiger partial charge in [-0.2, -0.15) is 5.11 Å². The molecule has 8 heteroatoms. The summed E-state index contributed by atoms with van der Waals surface area (Å²) in [5.41, 5.74) is 16.1. The molecule has 0 unspecified atom stereocenters. The highest BCUT2D eigenvalue weighted by Crippen LogP contribution is 2.29. The Labute approximate surface area is 164 Å². The standard InChI is InChI=1S/C20H21N5O2S/c1-13-3-9-17(10-4-13)28(26,27)25-16-7-5-15(6-8-16)23-24-20-11-14(2)18(21)12-19(20)22/h3-12,25H,21-22H2,1-2H3. The highest BCUT2D eigenvalue weighted by Gasteiger charge is 2.13. The third kappa shape index (κ3) is 4.47. The Morgan fingerprint density at radius 2 is 1.46 bits per heavy atom. The van der Waals surface area contributed by atoms with Crippen molar-refractivity contribution in [1.29, 1.82) is 0 Å². The Bertz CT molecular complexity index is 1120. The van der Waals surface area contributed by atoms with Gasteiger partial charge in [-0.05, 0) is 67.9 Å². The van der Waals surface area contributed by atoms with Crippen molar-refractivity contribution in [1.82, 2.24) is 0 Å². The number of rotatable bonds is 5. The average molecular weight is 395 g/mol. The lowest BCUT2D eigenvalue weighted by molar-refractivity contribution is 0.601. The van der Waals surface area contributed by atoms with Gasteiger partial charge in [0.2, 0.25) is 0 Å². The summed E-state index contributed by atoms with van der Waals surface area (Å²) in [4.78, 5) is 0.205. The molecule has 0 amide bonds. The molecule has 0 aliphatic heterocycles. The van der Waals surface area contributed by atoms with Crippen molar-refractivity contribution in [3.8, 4) is 0 Å². The first-order chi connectivity index (χ1) is 13.2. The predicted molar refractivity (Wildman–Crippen MR) is 113 cm³/mol. The van der Waals surface area contributed by atoms with Crippen molar-refractivity contribution in [2.24, 2.45) is 10.2 Å². The zero-order valence-electron chi connectivity index (χ0n) is 15.5. The van der Waals surface area contributed by atoms with Crippen molar-refractivity contribution in [3.05, 3.63) is 71.8 Å². The summed E-state index contributed by atoms with van der Waals surface area (Å²) in [6.07, 6.45) is 0. The predicted octanol–water partition coefficient (Wildman–Crippen LogP) is 4.68. The van der Waals surface area contributed by atoms with E-state index in [2.05, 4.69) is 15.0 Å². The van der Waals surface area contributed by atoms with Crippen LogP contribution in [0.1, 0.15) is 11.1 Å². The maximum atomic E-state index is 12.4. The van der Waals surface area contributed by atoms with E-state index in [0.29, 0.717) is 28.4 Å². The summed E-state index contributed by atoms with van der Waals surface area (Å²) in [7, 11) is -3.65. The lowest BCUT2D eigenvalue weighted by atomic mass is 10.1. The van der Waals surface area contributed by atoms with Crippen LogP contribution in [-0.2, 0) is 10.0 Å². The number of sulfonamides is 1. The first-order valence-electron chi connectivity index (χ1n) is 8.51. The smallest absolute Gasteiger partial charge is 0.261 e. The van der Waals surface area contributed by atoms with Crippen molar-refractivity contribution < 1.29 is 8.42 Å². The molecule has 7 nitrogen and oxygen atoms in total. The number of nitrogens with two attached hydrogens (primary N) is 2. The van der Waals surface area contributed by atoms with Crippen LogP contribution in [0.25, 0.3) is 0 Å². The van der Waals surface area contributed by atoms with Crippen molar-refractivity contribution in [2.45, 2.75) is 18.7 Å². The van der Waals surface area contributed by atoms with E-state index < -0.39 is 10.0 Å². The van der Waals surface area contributed by atoms with E-state index in [0.717, 1.165) is 11.1 Å². The van der Waals surface area contributed by atoms with E-state index in [9.17, 15) is 8.42 Å². The van der Waals surface area contributed by atoms with Gasteiger partial charge < -0.3 is 11.5 Å². The van der Waals surface area contributed by atoms with Crippen LogP contribution in [0.2, 0.25) is 0 Å². The number of azo groups is 1. The zero-order chi connectivity index (χ0) is 20.3. The number of anilines is 3. The molecule has 5 N–H and O–H groups in total. The van der Waals surface area contributed by atoms with E-state index in [1.54, 1.807) is 60.7 Å². The van der Waals surface area contributed by atoms with Crippen molar-refractivity contribution in [3.63, 3.8) is 0 Å². The number of nitrogen functional groups attached to an aromatic ring is 2. The molecular formula is C20H21N5O2S. The Balaban J connectivity index is 1.75. The number of hydrogen-bond acceptors (Lipinski definition) is 6. The molecule has 3 rings (SSSR count). The molecule has 0 fully saturated rings. The highest BCUT2D eigenvalue weighted by atomic mass is 32.2. The van der Waals surface area contributed by atoms with Gasteiger partial charge in [0.25, 0.3) is 10.0 Å². The van der Waals surface area contributed by atoms with E-state index >= 15 is 0 Å². The van der Waals surface area contributed by atoms with Crippen molar-refractivity contribution >= 4 is 38.5 Å². The second-order valence-electron chi connectivity index (χ2n) is 6.43. The van der Waals surface area contributed by atoms with Crippen LogP contribution in [0.3, 0.4) is 0 Å². The molecule has 3 aromatic rings. The summed E-state index contributed by atoms with van der Waals surface area (Å²) < 4.78 is 27.4. The fourth-order valence-electron chi connectivity index (χ4n) is 2.45. The molecule has 0 aliphatic carbocycles. The number of hydrogen-bond donors (Lipinski definition) is 3. The lowest BCUT2D eigenvalue weighted by Gasteiger charge is -2.08. The van der Waals surface area contributed by atoms with Crippen LogP contribution in [0.5, 0.6) is 0 Å². The normalized spacial score (nSPS) is 11.6. The first-order valence-corrected chi connectivity index (χ1v) is 10.00. The minimum absolute atomic E-state index is 0.205. The van der Waals surface area contributed by atoms with Crippen LogP contribution >= 0.6 is 0 Å². The van der Waals surface area contributed by atoms with Gasteiger partial charge in [-0.25, -0.2) is 8.42 Å². The summed E-state index contributed by atoms with van der Waals surface area (Å²) in [6, 6.07) is 16.6. The molecular weight excluding hydrogens is 374 g/mol. The fourth-order valence-corrected chi connectivity index (χ4v) is 3.51. The summed E-state index contributed by atoms with van der Waals surface area (Å²) in [5, 5.41) is 8.28. The van der Waals surface area contributed by atoms with Gasteiger partial charge in [0.1, 0.15) is 5.69 Å². The van der Waals surface area contributed by atoms with Gasteiger partial charge in [0, 0.05) is 11.4 Å². The lowest BCUT2D eigenvalue weighted by Crippen LogP contribution is -2.12. The molecule has 3 aromatic carbocycles. The summed E-state index contributed by atoms with van der Waals surface area (Å²) >= 11 is 0. The molecule has 144 valence electrons. The van der Waals surface area contributed by atoms with Gasteiger partial charge in [0.15, 0.2) is 0 Å². The van der Waals surface area contributed by atoms with Gasteiger partial charge >= 0.3 is 0 Å².